The third-order valence-corrected chi connectivity index (χ3v) is 11.7. The summed E-state index contributed by atoms with van der Waals surface area (Å²) >= 11 is 0. The first kappa shape index (κ1) is 36.8. The average molecular weight is 790 g/mol. The summed E-state index contributed by atoms with van der Waals surface area (Å²) in [6, 6.07) is 83.4. The van der Waals surface area contributed by atoms with Gasteiger partial charge in [-0.2, -0.15) is 0 Å². The molecule has 0 aliphatic rings. The first-order valence-electron chi connectivity index (χ1n) is 21.0. The Morgan fingerprint density at radius 1 is 0.242 bits per heavy atom. The summed E-state index contributed by atoms with van der Waals surface area (Å²) < 4.78 is 0. The van der Waals surface area contributed by atoms with E-state index in [1.54, 1.807) is 0 Å². The van der Waals surface area contributed by atoms with Crippen LogP contribution in [0.2, 0.25) is 0 Å². The molecule has 3 heteroatoms. The van der Waals surface area contributed by atoms with E-state index in [2.05, 4.69) is 218 Å². The van der Waals surface area contributed by atoms with Crippen LogP contribution in [0.3, 0.4) is 0 Å². The topological polar surface area (TPSA) is 38.7 Å². The smallest absolute Gasteiger partial charge is 0.160 e. The fraction of sp³-hybridized carbons (Fsp3) is 0. The maximum absolute atomic E-state index is 5.23. The molecule has 0 bridgehead atoms. The Balaban J connectivity index is 0.984. The second kappa shape index (κ2) is 16.1. The number of hydrogen-bond acceptors (Lipinski definition) is 3. The van der Waals surface area contributed by atoms with Gasteiger partial charge in [0, 0.05) is 27.6 Å². The molecule has 0 aliphatic carbocycles. The highest BCUT2D eigenvalue weighted by Crippen LogP contribution is 2.39. The fourth-order valence-corrected chi connectivity index (χ4v) is 8.51. The highest BCUT2D eigenvalue weighted by Gasteiger charge is 2.16. The Bertz CT molecular complexity index is 3260. The summed E-state index contributed by atoms with van der Waals surface area (Å²) in [6.07, 6.45) is 0. The predicted molar refractivity (Wildman–Crippen MR) is 258 cm³/mol. The highest BCUT2D eigenvalue weighted by atomic mass is 14.9. The van der Waals surface area contributed by atoms with Crippen LogP contribution in [0.1, 0.15) is 0 Å². The van der Waals surface area contributed by atoms with Crippen molar-refractivity contribution in [3.63, 3.8) is 0 Å². The molecule has 9 aromatic carbocycles. The van der Waals surface area contributed by atoms with Gasteiger partial charge in [-0.1, -0.05) is 200 Å². The quantitative estimate of drug-likeness (QED) is 0.144. The summed E-state index contributed by atoms with van der Waals surface area (Å²) in [4.78, 5) is 15.6. The molecule has 0 aliphatic heterocycles. The van der Waals surface area contributed by atoms with Crippen LogP contribution in [0.25, 0.3) is 111 Å². The molecule has 0 fully saturated rings. The van der Waals surface area contributed by atoms with Gasteiger partial charge in [0.15, 0.2) is 5.82 Å². The van der Waals surface area contributed by atoms with E-state index in [1.165, 1.54) is 27.5 Å². The Morgan fingerprint density at radius 2 is 0.677 bits per heavy atom. The van der Waals surface area contributed by atoms with E-state index >= 15 is 0 Å². The van der Waals surface area contributed by atoms with Gasteiger partial charge in [-0.3, -0.25) is 0 Å². The minimum atomic E-state index is 0.687. The van der Waals surface area contributed by atoms with Crippen molar-refractivity contribution in [2.24, 2.45) is 0 Å². The Labute approximate surface area is 361 Å². The molecule has 11 rings (SSSR count). The Morgan fingerprint density at radius 3 is 1.32 bits per heavy atom. The van der Waals surface area contributed by atoms with Crippen LogP contribution in [0.15, 0.2) is 237 Å². The molecule has 0 radical (unpaired) electrons. The Kier molecular flexibility index (Phi) is 9.53. The molecule has 0 unspecified atom stereocenters. The molecule has 0 amide bonds. The van der Waals surface area contributed by atoms with Gasteiger partial charge in [0.25, 0.3) is 0 Å². The van der Waals surface area contributed by atoms with Crippen LogP contribution in [-0.4, -0.2) is 15.0 Å². The molecule has 0 saturated heterocycles. The number of rotatable bonds is 8. The number of pyridine rings is 1. The minimum Gasteiger partial charge on any atom is -0.248 e. The first-order chi connectivity index (χ1) is 30.7. The van der Waals surface area contributed by atoms with E-state index in [0.717, 1.165) is 78.1 Å². The summed E-state index contributed by atoms with van der Waals surface area (Å²) in [5, 5.41) is 3.52. The van der Waals surface area contributed by atoms with Gasteiger partial charge in [-0.25, -0.2) is 15.0 Å². The number of aromatic nitrogens is 3. The van der Waals surface area contributed by atoms with E-state index in [1.807, 2.05) is 18.2 Å². The first-order valence-corrected chi connectivity index (χ1v) is 21.0. The number of hydrogen-bond donors (Lipinski definition) is 0. The van der Waals surface area contributed by atoms with Crippen LogP contribution in [-0.2, 0) is 0 Å². The van der Waals surface area contributed by atoms with Crippen LogP contribution in [0.4, 0.5) is 0 Å². The Hall–Kier alpha value is -8.27. The normalized spacial score (nSPS) is 11.2. The molecule has 0 spiro atoms. The summed E-state index contributed by atoms with van der Waals surface area (Å²) in [7, 11) is 0. The lowest BCUT2D eigenvalue weighted by atomic mass is 9.93. The van der Waals surface area contributed by atoms with E-state index in [4.69, 9.17) is 15.0 Å². The van der Waals surface area contributed by atoms with Gasteiger partial charge in [-0.15, -0.1) is 0 Å². The van der Waals surface area contributed by atoms with Gasteiger partial charge >= 0.3 is 0 Å². The van der Waals surface area contributed by atoms with Crippen molar-refractivity contribution >= 4 is 21.7 Å². The van der Waals surface area contributed by atoms with E-state index in [0.29, 0.717) is 5.82 Å². The number of fused-ring (bicyclic) bond motifs is 3. The average Bonchev–Trinajstić information content (AvgIpc) is 3.37. The molecule has 2 heterocycles. The molecule has 62 heavy (non-hydrogen) atoms. The van der Waals surface area contributed by atoms with Crippen LogP contribution in [0, 0.1) is 0 Å². The molecular formula is C59H39N3. The minimum absolute atomic E-state index is 0.687. The molecule has 0 saturated carbocycles. The van der Waals surface area contributed by atoms with Crippen molar-refractivity contribution in [3.8, 4) is 89.7 Å². The van der Waals surface area contributed by atoms with Gasteiger partial charge < -0.3 is 0 Å². The second-order valence-electron chi connectivity index (χ2n) is 15.6. The van der Waals surface area contributed by atoms with Crippen LogP contribution >= 0.6 is 0 Å². The zero-order valence-corrected chi connectivity index (χ0v) is 33.9. The molecule has 2 aromatic heterocycles. The molecule has 11 aromatic rings. The van der Waals surface area contributed by atoms with Crippen molar-refractivity contribution < 1.29 is 0 Å². The third-order valence-electron chi connectivity index (χ3n) is 11.7. The molecule has 290 valence electrons. The third kappa shape index (κ3) is 7.23. The molecule has 0 atom stereocenters. The lowest BCUT2D eigenvalue weighted by Gasteiger charge is -2.14. The molecule has 3 nitrogen and oxygen atoms in total. The standard InChI is InChI=1S/C59H39N3/c1-5-15-40(16-6-1)46-23-13-25-50(36-46)57-39-56(61-59(62-57)51-26-14-24-47(37-51)41-17-7-2-8-18-41)45-29-27-42(28-30-45)48-31-33-52-49(35-48)32-34-54-58(52)53(43-19-9-3-10-20-43)38-55(60-54)44-21-11-4-12-22-44/h1-39H. The zero-order valence-electron chi connectivity index (χ0n) is 33.9. The lowest BCUT2D eigenvalue weighted by Crippen LogP contribution is -1.96. The summed E-state index contributed by atoms with van der Waals surface area (Å²) in [6.45, 7) is 0. The highest BCUT2D eigenvalue weighted by molar-refractivity contribution is 6.14. The molecular weight excluding hydrogens is 751 g/mol. The van der Waals surface area contributed by atoms with E-state index in [9.17, 15) is 0 Å². The van der Waals surface area contributed by atoms with Gasteiger partial charge in [0.05, 0.1) is 22.6 Å². The van der Waals surface area contributed by atoms with Crippen molar-refractivity contribution in [1.29, 1.82) is 0 Å². The van der Waals surface area contributed by atoms with Crippen molar-refractivity contribution in [2.45, 2.75) is 0 Å². The SMILES string of the molecule is c1ccc(-c2cccc(-c3cc(-c4ccc(-c5ccc6c(ccc7nc(-c8ccccc8)cc(-c8ccccc8)c76)c5)cc4)nc(-c4cccc(-c5ccccc5)c4)n3)c2)cc1. The monoisotopic (exact) mass is 789 g/mol. The van der Waals surface area contributed by atoms with E-state index in [-0.39, 0.29) is 0 Å². The van der Waals surface area contributed by atoms with Crippen molar-refractivity contribution in [2.75, 3.05) is 0 Å². The summed E-state index contributed by atoms with van der Waals surface area (Å²) in [5.74, 6) is 0.687. The van der Waals surface area contributed by atoms with Crippen molar-refractivity contribution in [3.05, 3.63) is 237 Å². The molecule has 0 N–H and O–H groups in total. The van der Waals surface area contributed by atoms with Gasteiger partial charge in [-0.05, 0) is 91.7 Å². The second-order valence-corrected chi connectivity index (χ2v) is 15.6. The maximum atomic E-state index is 5.23. The largest absolute Gasteiger partial charge is 0.248 e. The predicted octanol–water partition coefficient (Wildman–Crippen LogP) is 15.5. The van der Waals surface area contributed by atoms with Gasteiger partial charge in [0.1, 0.15) is 0 Å². The maximum Gasteiger partial charge on any atom is 0.160 e. The van der Waals surface area contributed by atoms with E-state index < -0.39 is 0 Å². The number of nitrogens with zero attached hydrogens (tertiary/aromatic N) is 3. The van der Waals surface area contributed by atoms with Crippen LogP contribution in [0.5, 0.6) is 0 Å². The van der Waals surface area contributed by atoms with Crippen LogP contribution < -0.4 is 0 Å². The van der Waals surface area contributed by atoms with Gasteiger partial charge in [0.2, 0.25) is 0 Å². The lowest BCUT2D eigenvalue weighted by molar-refractivity contribution is 1.18. The number of benzene rings is 9. The van der Waals surface area contributed by atoms with Crippen molar-refractivity contribution in [1.82, 2.24) is 15.0 Å². The fourth-order valence-electron chi connectivity index (χ4n) is 8.51. The zero-order chi connectivity index (χ0) is 41.2. The summed E-state index contributed by atoms with van der Waals surface area (Å²) in [5.41, 5.74) is 17.1.